The van der Waals surface area contributed by atoms with Gasteiger partial charge < -0.3 is 10.0 Å². The topological polar surface area (TPSA) is 40.5 Å². The number of hydrogen-bond donors (Lipinski definition) is 2. The molecule has 3 nitrogen and oxygen atoms in total. The number of hydrogen-bond acceptors (Lipinski definition) is 3. The van der Waals surface area contributed by atoms with E-state index in [1.165, 1.54) is 0 Å². The molecule has 1 aliphatic heterocycles. The number of thiol groups is 1. The summed E-state index contributed by atoms with van der Waals surface area (Å²) in [5.41, 5.74) is 1.63. The summed E-state index contributed by atoms with van der Waals surface area (Å²) in [5, 5.41) is 9.24. The average molecular weight is 237 g/mol. The van der Waals surface area contributed by atoms with E-state index in [-0.39, 0.29) is 12.5 Å². The Balaban J connectivity index is 2.27. The van der Waals surface area contributed by atoms with Crippen LogP contribution < -0.4 is 4.90 Å². The van der Waals surface area contributed by atoms with Crippen molar-refractivity contribution in [3.63, 3.8) is 0 Å². The zero-order valence-corrected chi connectivity index (χ0v) is 9.86. The van der Waals surface area contributed by atoms with Gasteiger partial charge >= 0.3 is 0 Å². The molecule has 1 N–H and O–H groups in total. The first-order valence-electron chi connectivity index (χ1n) is 5.36. The third-order valence-corrected chi connectivity index (χ3v) is 3.43. The molecule has 1 aromatic rings. The largest absolute Gasteiger partial charge is 0.392 e. The van der Waals surface area contributed by atoms with Crippen LogP contribution in [0.4, 0.5) is 5.69 Å². The van der Waals surface area contributed by atoms with Crippen molar-refractivity contribution >= 4 is 24.2 Å². The highest BCUT2D eigenvalue weighted by molar-refractivity contribution is 7.80. The van der Waals surface area contributed by atoms with Crippen LogP contribution >= 0.6 is 12.6 Å². The molecule has 16 heavy (non-hydrogen) atoms. The number of carbonyl (C=O) groups is 1. The van der Waals surface area contributed by atoms with E-state index in [2.05, 4.69) is 12.6 Å². The van der Waals surface area contributed by atoms with Crippen molar-refractivity contribution in [1.82, 2.24) is 0 Å². The number of nitrogens with zero attached hydrogens (tertiary/aromatic N) is 1. The number of para-hydroxylation sites is 1. The second kappa shape index (κ2) is 4.89. The monoisotopic (exact) mass is 237 g/mol. The molecule has 0 radical (unpaired) electrons. The lowest BCUT2D eigenvalue weighted by Gasteiger charge is -2.19. The number of aliphatic hydroxyl groups is 1. The highest BCUT2D eigenvalue weighted by Gasteiger charge is 2.30. The molecule has 0 spiro atoms. The SMILES string of the molecule is O=C1CC(CS)CN1c1ccccc1CO. The highest BCUT2D eigenvalue weighted by atomic mass is 32.1. The number of benzene rings is 1. The molecule has 0 aliphatic carbocycles. The summed E-state index contributed by atoms with van der Waals surface area (Å²) in [7, 11) is 0. The summed E-state index contributed by atoms with van der Waals surface area (Å²) in [6, 6.07) is 7.47. The first-order chi connectivity index (χ1) is 7.76. The maximum absolute atomic E-state index is 11.8. The van der Waals surface area contributed by atoms with Gasteiger partial charge in [0.25, 0.3) is 0 Å². The average Bonchev–Trinajstić information content (AvgIpc) is 2.70. The molecule has 1 saturated heterocycles. The molecule has 0 saturated carbocycles. The Morgan fingerprint density at radius 3 is 2.81 bits per heavy atom. The standard InChI is InChI=1S/C12H15NO2S/c14-7-10-3-1-2-4-11(10)13-6-9(8-16)5-12(13)15/h1-4,9,14,16H,5-8H2. The zero-order valence-electron chi connectivity index (χ0n) is 8.97. The van der Waals surface area contributed by atoms with Crippen molar-refractivity contribution in [2.24, 2.45) is 5.92 Å². The highest BCUT2D eigenvalue weighted by Crippen LogP contribution is 2.28. The minimum absolute atomic E-state index is 0.0362. The number of carbonyl (C=O) groups excluding carboxylic acids is 1. The van der Waals surface area contributed by atoms with Crippen molar-refractivity contribution in [2.75, 3.05) is 17.2 Å². The van der Waals surface area contributed by atoms with E-state index in [4.69, 9.17) is 0 Å². The molecule has 4 heteroatoms. The molecule has 1 aliphatic rings. The van der Waals surface area contributed by atoms with Crippen LogP contribution in [0.3, 0.4) is 0 Å². The van der Waals surface area contributed by atoms with Gasteiger partial charge in [0.2, 0.25) is 5.91 Å². The lowest BCUT2D eigenvalue weighted by Crippen LogP contribution is -2.25. The Morgan fingerprint density at radius 1 is 1.44 bits per heavy atom. The summed E-state index contributed by atoms with van der Waals surface area (Å²) >= 11 is 4.23. The quantitative estimate of drug-likeness (QED) is 0.781. The minimum Gasteiger partial charge on any atom is -0.392 e. The van der Waals surface area contributed by atoms with Crippen LogP contribution in [-0.2, 0) is 11.4 Å². The second-order valence-corrected chi connectivity index (χ2v) is 4.41. The molecule has 0 bridgehead atoms. The van der Waals surface area contributed by atoms with Gasteiger partial charge in [0.15, 0.2) is 0 Å². The van der Waals surface area contributed by atoms with E-state index in [1.54, 1.807) is 4.90 Å². The summed E-state index contributed by atoms with van der Waals surface area (Å²) in [5.74, 6) is 1.17. The minimum atomic E-state index is -0.0362. The van der Waals surface area contributed by atoms with E-state index in [1.807, 2.05) is 24.3 Å². The molecule has 2 rings (SSSR count). The number of amides is 1. The van der Waals surface area contributed by atoms with Gasteiger partial charge in [-0.05, 0) is 17.7 Å². The maximum atomic E-state index is 11.8. The van der Waals surface area contributed by atoms with E-state index in [0.717, 1.165) is 17.0 Å². The Kier molecular flexibility index (Phi) is 3.51. The third kappa shape index (κ3) is 2.08. The van der Waals surface area contributed by atoms with E-state index < -0.39 is 0 Å². The van der Waals surface area contributed by atoms with Crippen LogP contribution in [0.2, 0.25) is 0 Å². The van der Waals surface area contributed by atoms with E-state index >= 15 is 0 Å². The molecule has 0 aromatic heterocycles. The van der Waals surface area contributed by atoms with Gasteiger partial charge in [-0.15, -0.1) is 0 Å². The lowest BCUT2D eigenvalue weighted by atomic mass is 10.1. The third-order valence-electron chi connectivity index (χ3n) is 2.92. The first-order valence-corrected chi connectivity index (χ1v) is 5.99. The molecule has 1 heterocycles. The number of anilines is 1. The smallest absolute Gasteiger partial charge is 0.227 e. The molecule has 1 atom stereocenters. The number of aliphatic hydroxyl groups excluding tert-OH is 1. The summed E-state index contributed by atoms with van der Waals surface area (Å²) in [6.45, 7) is 0.671. The Bertz CT molecular complexity index is 394. The molecule has 86 valence electrons. The van der Waals surface area contributed by atoms with Crippen LogP contribution in [0.25, 0.3) is 0 Å². The Hall–Kier alpha value is -1.00. The summed E-state index contributed by atoms with van der Waals surface area (Å²) in [6.07, 6.45) is 0.559. The van der Waals surface area contributed by atoms with Gasteiger partial charge in [-0.1, -0.05) is 18.2 Å². The van der Waals surface area contributed by atoms with Crippen molar-refractivity contribution in [3.8, 4) is 0 Å². The van der Waals surface area contributed by atoms with Crippen molar-refractivity contribution < 1.29 is 9.90 Å². The van der Waals surface area contributed by atoms with Gasteiger partial charge in [0, 0.05) is 24.2 Å². The van der Waals surface area contributed by atoms with Crippen LogP contribution in [0, 0.1) is 5.92 Å². The van der Waals surface area contributed by atoms with Crippen molar-refractivity contribution in [3.05, 3.63) is 29.8 Å². The Morgan fingerprint density at radius 2 is 2.19 bits per heavy atom. The molecular weight excluding hydrogens is 222 g/mol. The van der Waals surface area contributed by atoms with Gasteiger partial charge in [0.1, 0.15) is 0 Å². The zero-order chi connectivity index (χ0) is 11.5. The van der Waals surface area contributed by atoms with Gasteiger partial charge in [-0.25, -0.2) is 0 Å². The van der Waals surface area contributed by atoms with E-state index in [9.17, 15) is 9.90 Å². The number of rotatable bonds is 3. The van der Waals surface area contributed by atoms with Crippen LogP contribution in [-0.4, -0.2) is 23.3 Å². The van der Waals surface area contributed by atoms with Gasteiger partial charge in [0.05, 0.1) is 6.61 Å². The molecule has 1 fully saturated rings. The second-order valence-electron chi connectivity index (χ2n) is 4.04. The summed E-state index contributed by atoms with van der Waals surface area (Å²) < 4.78 is 0. The van der Waals surface area contributed by atoms with Crippen molar-refractivity contribution in [1.29, 1.82) is 0 Å². The molecular formula is C12H15NO2S. The first kappa shape index (κ1) is 11.5. The summed E-state index contributed by atoms with van der Waals surface area (Å²) in [4.78, 5) is 13.6. The predicted molar refractivity (Wildman–Crippen MR) is 66.7 cm³/mol. The van der Waals surface area contributed by atoms with E-state index in [0.29, 0.717) is 18.9 Å². The molecule has 1 amide bonds. The van der Waals surface area contributed by atoms with Crippen LogP contribution in [0.1, 0.15) is 12.0 Å². The van der Waals surface area contributed by atoms with Crippen molar-refractivity contribution in [2.45, 2.75) is 13.0 Å². The predicted octanol–water partition coefficient (Wildman–Crippen LogP) is 1.46. The molecule has 1 aromatic carbocycles. The fourth-order valence-electron chi connectivity index (χ4n) is 2.04. The van der Waals surface area contributed by atoms with Gasteiger partial charge in [-0.2, -0.15) is 12.6 Å². The Labute approximate surface area is 100 Å². The van der Waals surface area contributed by atoms with Gasteiger partial charge in [-0.3, -0.25) is 4.79 Å². The van der Waals surface area contributed by atoms with Crippen LogP contribution in [0.5, 0.6) is 0 Å². The maximum Gasteiger partial charge on any atom is 0.227 e. The van der Waals surface area contributed by atoms with Crippen LogP contribution in [0.15, 0.2) is 24.3 Å². The molecule has 1 unspecified atom stereocenters. The normalized spacial score (nSPS) is 20.5. The fraction of sp³-hybridized carbons (Fsp3) is 0.417. The lowest BCUT2D eigenvalue weighted by molar-refractivity contribution is -0.117. The fourth-order valence-corrected chi connectivity index (χ4v) is 2.29.